The zero-order valence-corrected chi connectivity index (χ0v) is 39.9. The van der Waals surface area contributed by atoms with Crippen molar-refractivity contribution < 1.29 is 40.7 Å². The predicted octanol–water partition coefficient (Wildman–Crippen LogP) is 6.81. The Balaban J connectivity index is 0.000000197. The average molecular weight is 1030 g/mol. The molecule has 368 valence electrons. The van der Waals surface area contributed by atoms with E-state index in [2.05, 4.69) is 40.9 Å². The number of para-hydroxylation sites is 4. The summed E-state index contributed by atoms with van der Waals surface area (Å²) in [7, 11) is -4.05. The highest BCUT2D eigenvalue weighted by molar-refractivity contribution is 7.89. The number of carbonyl (C=O) groups excluding carboxylic acids is 3. The summed E-state index contributed by atoms with van der Waals surface area (Å²) in [6, 6.07) is 46.9. The molecule has 2 heterocycles. The quantitative estimate of drug-likeness (QED) is 0.0692. The van der Waals surface area contributed by atoms with Gasteiger partial charge < -0.3 is 36.9 Å². The number of halogens is 1. The van der Waals surface area contributed by atoms with E-state index in [-0.39, 0.29) is 33.6 Å². The Bertz CT molecular complexity index is 3230. The molecule has 0 spiro atoms. The van der Waals surface area contributed by atoms with Gasteiger partial charge >= 0.3 is 17.6 Å². The third-order valence-electron chi connectivity index (χ3n) is 8.88. The number of ether oxygens (including phenoxy) is 2. The summed E-state index contributed by atoms with van der Waals surface area (Å²) in [5, 5.41) is 26.7. The van der Waals surface area contributed by atoms with Crippen LogP contribution in [0.25, 0.3) is 0 Å². The van der Waals surface area contributed by atoms with Gasteiger partial charge in [-0.1, -0.05) is 72.8 Å². The van der Waals surface area contributed by atoms with Crippen LogP contribution in [0.5, 0.6) is 11.5 Å². The van der Waals surface area contributed by atoms with Crippen molar-refractivity contribution in [3.63, 3.8) is 0 Å². The smallest absolute Gasteiger partial charge is 0.415 e. The van der Waals surface area contributed by atoms with Gasteiger partial charge in [0.1, 0.15) is 11.5 Å². The molecule has 8 aromatic rings. The summed E-state index contributed by atoms with van der Waals surface area (Å²) in [4.78, 5) is 44.1. The highest BCUT2D eigenvalue weighted by Gasteiger charge is 2.20. The maximum atomic E-state index is 12.6. The van der Waals surface area contributed by atoms with Gasteiger partial charge in [0.2, 0.25) is 43.8 Å². The van der Waals surface area contributed by atoms with Crippen LogP contribution >= 0.6 is 11.6 Å². The summed E-state index contributed by atoms with van der Waals surface area (Å²) in [6.07, 6.45) is -0.821. The molecule has 71 heavy (non-hydrogen) atoms. The number of amides is 1. The number of sulfonamides is 2. The Kier molecular flexibility index (Phi) is 18.6. The van der Waals surface area contributed by atoms with Crippen LogP contribution in [0.15, 0.2) is 180 Å². The van der Waals surface area contributed by atoms with Crippen molar-refractivity contribution in [1.29, 1.82) is 0 Å². The van der Waals surface area contributed by atoms with Crippen LogP contribution < -0.4 is 52.1 Å². The molecule has 26 heteroatoms. The maximum absolute atomic E-state index is 12.6. The van der Waals surface area contributed by atoms with Crippen LogP contribution in [-0.4, -0.2) is 78.0 Å². The number of rotatable bonds is 10. The van der Waals surface area contributed by atoms with Crippen LogP contribution in [0.3, 0.4) is 0 Å². The Morgan fingerprint density at radius 1 is 0.549 bits per heavy atom. The zero-order chi connectivity index (χ0) is 51.6. The van der Waals surface area contributed by atoms with E-state index in [1.165, 1.54) is 53.4 Å². The molecule has 2 aromatic heterocycles. The van der Waals surface area contributed by atoms with Crippen LogP contribution in [0.2, 0.25) is 0 Å². The number of benzene rings is 6. The highest BCUT2D eigenvalue weighted by atomic mass is 35.5. The van der Waals surface area contributed by atoms with Crippen LogP contribution in [-0.2, 0) is 20.0 Å². The minimum atomic E-state index is -3.78. The second-order valence-corrected chi connectivity index (χ2v) is 17.4. The molecule has 0 aliphatic carbocycles. The molecule has 0 bridgehead atoms. The summed E-state index contributed by atoms with van der Waals surface area (Å²) in [5.41, 5.74) is 13.5. The monoisotopic (exact) mass is 1020 g/mol. The first-order valence-electron chi connectivity index (χ1n) is 20.3. The zero-order valence-electron chi connectivity index (χ0n) is 37.5. The first-order chi connectivity index (χ1) is 33.8. The lowest BCUT2D eigenvalue weighted by atomic mass is 10.3. The van der Waals surface area contributed by atoms with E-state index in [1.807, 2.05) is 61.6 Å². The Morgan fingerprint density at radius 3 is 1.32 bits per heavy atom. The Hall–Kier alpha value is -8.88. The molecule has 6 aromatic carbocycles. The van der Waals surface area contributed by atoms with Gasteiger partial charge in [-0.2, -0.15) is 9.97 Å². The van der Waals surface area contributed by atoms with Gasteiger partial charge in [-0.05, 0) is 97.1 Å². The lowest BCUT2D eigenvalue weighted by Crippen LogP contribution is -2.32. The molecular weight excluding hydrogens is 980 g/mol. The van der Waals surface area contributed by atoms with E-state index >= 15 is 0 Å². The Labute approximate surface area is 412 Å². The number of carbonyl (C=O) groups is 3. The van der Waals surface area contributed by atoms with E-state index in [0.29, 0.717) is 28.6 Å². The Morgan fingerprint density at radius 2 is 0.930 bits per heavy atom. The third-order valence-corrected chi connectivity index (χ3v) is 10.8. The second kappa shape index (κ2) is 24.9. The molecule has 11 N–H and O–H groups in total. The molecule has 8 rings (SSSR count). The van der Waals surface area contributed by atoms with E-state index in [9.17, 15) is 31.2 Å². The van der Waals surface area contributed by atoms with E-state index in [4.69, 9.17) is 38.1 Å². The largest absolute Gasteiger partial charge is 0.443 e. The lowest BCUT2D eigenvalue weighted by molar-refractivity contribution is 0.199. The van der Waals surface area contributed by atoms with Crippen LogP contribution in [0, 0.1) is 0 Å². The van der Waals surface area contributed by atoms with Gasteiger partial charge in [-0.25, -0.2) is 41.5 Å². The second-order valence-electron chi connectivity index (χ2n) is 13.9. The van der Waals surface area contributed by atoms with Gasteiger partial charge in [0.15, 0.2) is 0 Å². The number of primary sulfonamides is 2. The van der Waals surface area contributed by atoms with Gasteiger partial charge in [0, 0.05) is 48.4 Å². The summed E-state index contributed by atoms with van der Waals surface area (Å²) >= 11 is 4.95. The first kappa shape index (κ1) is 53.1. The molecule has 0 saturated carbocycles. The highest BCUT2D eigenvalue weighted by Crippen LogP contribution is 2.21. The number of nitrogens with one attached hydrogen (secondary N) is 3. The first-order valence-corrected chi connectivity index (χ1v) is 23.8. The van der Waals surface area contributed by atoms with Crippen molar-refractivity contribution in [2.75, 3.05) is 46.4 Å². The number of hydrogen-bond acceptors (Lipinski definition) is 18. The number of hydrogen-bond donors (Lipinski definition) is 7. The minimum absolute atomic E-state index is 0.0225. The fraction of sp³-hybridized carbons (Fsp3) is 0.0444. The number of nitrogen functional groups attached to an aromatic ring is 2. The number of nitrogens with two attached hydrogens (primary N) is 4. The SMILES string of the molecule is CN(C(=O)n1nc(Nc2ccc(S(N)(=O)=O)cc2)nc1N)c1ccccc1.CNc1ccccc1.Nc1nc(Nc2ccc(S(N)(=O)=O)cc2)nn1C(=O)Oc1ccccc1.O=C(Cl)Oc1ccccc1. The molecule has 23 nitrogen and oxygen atoms in total. The lowest BCUT2D eigenvalue weighted by Gasteiger charge is -2.16. The molecule has 0 saturated heterocycles. The maximum Gasteiger partial charge on any atom is 0.443 e. The van der Waals surface area contributed by atoms with Gasteiger partial charge in [0.05, 0.1) is 9.79 Å². The number of nitrogens with zero attached hydrogens (tertiary/aromatic N) is 7. The summed E-state index contributed by atoms with van der Waals surface area (Å²) in [6.45, 7) is 0. The predicted molar refractivity (Wildman–Crippen MR) is 269 cm³/mol. The molecule has 0 atom stereocenters. The minimum Gasteiger partial charge on any atom is -0.415 e. The van der Waals surface area contributed by atoms with Crippen LogP contribution in [0.1, 0.15) is 0 Å². The van der Waals surface area contributed by atoms with Crippen molar-refractivity contribution in [3.05, 3.63) is 170 Å². The van der Waals surface area contributed by atoms with E-state index < -0.39 is 37.6 Å². The van der Waals surface area contributed by atoms with E-state index in [0.717, 1.165) is 15.1 Å². The van der Waals surface area contributed by atoms with Crippen molar-refractivity contribution >= 4 is 95.7 Å². The molecule has 0 unspecified atom stereocenters. The van der Waals surface area contributed by atoms with Crippen molar-refractivity contribution in [2.24, 2.45) is 10.3 Å². The standard InChI is InChI=1S/C16H17N7O3S.C15H14N6O4S.C7H5ClO2.C7H9N/c1-22(12-5-3-2-4-6-12)16(24)23-14(17)20-15(21-23)19-11-7-9-13(10-8-11)27(18,25)26;16-13-19-14(18-10-6-8-12(9-7-10)26(17,23)24)20-21(13)15(22)25-11-4-2-1-3-5-11;8-7(9)10-6-4-2-1-3-5-6;1-8-7-5-3-2-4-6-7/h2-10H,1H3,(H2,18,25,26)(H3,17,19,20,21);1-9H,(H2,17,23,24)(H3,16,18,19,20);1-5H;2-6,8H,1H3. The average Bonchev–Trinajstić information content (AvgIpc) is 3.92. The topological polar surface area (TPSA) is 343 Å². The van der Waals surface area contributed by atoms with Gasteiger partial charge in [-0.15, -0.1) is 19.6 Å². The fourth-order valence-electron chi connectivity index (χ4n) is 5.47. The normalized spacial score (nSPS) is 10.5. The van der Waals surface area contributed by atoms with Gasteiger partial charge in [-0.3, -0.25) is 4.90 Å². The summed E-state index contributed by atoms with van der Waals surface area (Å²) < 4.78 is 56.5. The van der Waals surface area contributed by atoms with Crippen LogP contribution in [0.4, 0.5) is 60.9 Å². The molecule has 0 radical (unpaired) electrons. The molecule has 0 aliphatic rings. The van der Waals surface area contributed by atoms with Crippen molar-refractivity contribution in [2.45, 2.75) is 9.79 Å². The molecule has 0 aliphatic heterocycles. The van der Waals surface area contributed by atoms with Crippen molar-refractivity contribution in [3.8, 4) is 11.5 Å². The third kappa shape index (κ3) is 16.7. The molecule has 1 amide bonds. The molecular formula is C45H45ClN14O9S2. The number of anilines is 8. The molecule has 0 fully saturated rings. The fourth-order valence-corrected chi connectivity index (χ4v) is 6.59. The van der Waals surface area contributed by atoms with Crippen molar-refractivity contribution in [1.82, 2.24) is 29.5 Å². The van der Waals surface area contributed by atoms with E-state index in [1.54, 1.807) is 73.8 Å². The summed E-state index contributed by atoms with van der Waals surface area (Å²) in [5.74, 6) is 0.658. The van der Waals surface area contributed by atoms with Gasteiger partial charge in [0.25, 0.3) is 0 Å². The number of aromatic nitrogens is 6.